The molecule has 0 radical (unpaired) electrons. The van der Waals surface area contributed by atoms with Crippen LogP contribution < -0.4 is 0 Å². The lowest BCUT2D eigenvalue weighted by Gasteiger charge is -2.39. The quantitative estimate of drug-likeness (QED) is 0.888. The molecule has 1 heterocycles. The molecule has 0 bridgehead atoms. The Morgan fingerprint density at radius 2 is 1.68 bits per heavy atom. The van der Waals surface area contributed by atoms with Gasteiger partial charge in [-0.2, -0.15) is 0 Å². The van der Waals surface area contributed by atoms with Gasteiger partial charge in [-0.15, -0.1) is 0 Å². The lowest BCUT2D eigenvalue weighted by molar-refractivity contribution is -0.166. The largest absolute Gasteiger partial charge is 0.479 e. The summed E-state index contributed by atoms with van der Waals surface area (Å²) in [7, 11) is 0. The number of aliphatic carboxylic acids is 1. The average molecular weight is 309 g/mol. The second-order valence-corrected chi connectivity index (χ2v) is 6.26. The van der Waals surface area contributed by atoms with Crippen molar-refractivity contribution in [3.05, 3.63) is 35.6 Å². The van der Waals surface area contributed by atoms with Crippen LogP contribution in [0.2, 0.25) is 0 Å². The summed E-state index contributed by atoms with van der Waals surface area (Å²) in [6.45, 7) is 3.87. The second-order valence-electron chi connectivity index (χ2n) is 6.26. The van der Waals surface area contributed by atoms with Crippen LogP contribution in [-0.2, 0) is 15.0 Å². The summed E-state index contributed by atoms with van der Waals surface area (Å²) < 4.78 is 13.0. The highest BCUT2D eigenvalue weighted by Gasteiger charge is 2.43. The summed E-state index contributed by atoms with van der Waals surface area (Å²) in [5.41, 5.74) is -1.90. The number of aliphatic hydroxyl groups is 1. The molecule has 120 valence electrons. The lowest BCUT2D eigenvalue weighted by Crippen LogP contribution is -2.54. The summed E-state index contributed by atoms with van der Waals surface area (Å²) >= 11 is 0. The van der Waals surface area contributed by atoms with Gasteiger partial charge in [-0.05, 0) is 31.5 Å². The number of likely N-dealkylation sites (tertiary alicyclic amines) is 1. The van der Waals surface area contributed by atoms with Crippen molar-refractivity contribution >= 4 is 11.9 Å². The van der Waals surface area contributed by atoms with E-state index in [-0.39, 0.29) is 37.7 Å². The number of piperidine rings is 1. The number of nitrogens with zero attached hydrogens (tertiary/aromatic N) is 1. The summed E-state index contributed by atoms with van der Waals surface area (Å²) in [6.07, 6.45) is 0.0150. The van der Waals surface area contributed by atoms with Gasteiger partial charge in [0.05, 0.1) is 5.41 Å². The van der Waals surface area contributed by atoms with E-state index in [2.05, 4.69) is 0 Å². The fourth-order valence-electron chi connectivity index (χ4n) is 2.68. The molecular weight excluding hydrogens is 289 g/mol. The average Bonchev–Trinajstić information content (AvgIpc) is 2.47. The Hall–Kier alpha value is -1.95. The molecule has 0 spiro atoms. The van der Waals surface area contributed by atoms with Gasteiger partial charge in [0.15, 0.2) is 5.60 Å². The number of benzene rings is 1. The maximum Gasteiger partial charge on any atom is 0.335 e. The van der Waals surface area contributed by atoms with E-state index in [9.17, 15) is 19.1 Å². The highest BCUT2D eigenvalue weighted by molar-refractivity contribution is 5.88. The second kappa shape index (κ2) is 5.68. The fourth-order valence-corrected chi connectivity index (χ4v) is 2.68. The number of carboxylic acids is 1. The zero-order valence-corrected chi connectivity index (χ0v) is 12.7. The van der Waals surface area contributed by atoms with Crippen molar-refractivity contribution in [2.75, 3.05) is 13.1 Å². The summed E-state index contributed by atoms with van der Waals surface area (Å²) in [5, 5.41) is 18.9. The Kier molecular flexibility index (Phi) is 4.24. The zero-order chi connectivity index (χ0) is 16.5. The molecule has 1 aromatic carbocycles. The molecule has 1 fully saturated rings. The van der Waals surface area contributed by atoms with Gasteiger partial charge in [-0.3, -0.25) is 4.79 Å². The molecule has 0 aliphatic carbocycles. The van der Waals surface area contributed by atoms with E-state index >= 15 is 0 Å². The van der Waals surface area contributed by atoms with E-state index in [0.717, 1.165) is 0 Å². The molecule has 2 N–H and O–H groups in total. The number of rotatable bonds is 3. The standard InChI is InChI=1S/C16H20FNO4/c1-15(2,11-3-5-12(17)6-4-11)13(19)18-9-7-16(22,8-10-18)14(20)21/h3-6,22H,7-10H2,1-2H3,(H,20,21). The van der Waals surface area contributed by atoms with Gasteiger partial charge in [0, 0.05) is 25.9 Å². The maximum atomic E-state index is 13.0. The van der Waals surface area contributed by atoms with Gasteiger partial charge in [-0.1, -0.05) is 12.1 Å². The highest BCUT2D eigenvalue weighted by atomic mass is 19.1. The van der Waals surface area contributed by atoms with E-state index in [1.54, 1.807) is 30.9 Å². The summed E-state index contributed by atoms with van der Waals surface area (Å²) in [4.78, 5) is 25.3. The minimum Gasteiger partial charge on any atom is -0.479 e. The predicted octanol–water partition coefficient (Wildman–Crippen LogP) is 1.54. The normalized spacial score (nSPS) is 18.1. The molecule has 2 rings (SSSR count). The third kappa shape index (κ3) is 2.97. The van der Waals surface area contributed by atoms with Crippen molar-refractivity contribution in [1.82, 2.24) is 4.90 Å². The number of carbonyl (C=O) groups excluding carboxylic acids is 1. The third-order valence-corrected chi connectivity index (χ3v) is 4.38. The zero-order valence-electron chi connectivity index (χ0n) is 12.7. The topological polar surface area (TPSA) is 77.8 Å². The summed E-state index contributed by atoms with van der Waals surface area (Å²) in [5.74, 6) is -1.78. The van der Waals surface area contributed by atoms with Crippen molar-refractivity contribution in [3.8, 4) is 0 Å². The molecule has 0 saturated carbocycles. The van der Waals surface area contributed by atoms with Crippen molar-refractivity contribution in [2.45, 2.75) is 37.7 Å². The Labute approximate surface area is 128 Å². The third-order valence-electron chi connectivity index (χ3n) is 4.38. The van der Waals surface area contributed by atoms with Gasteiger partial charge in [0.25, 0.3) is 0 Å². The minimum atomic E-state index is -1.75. The van der Waals surface area contributed by atoms with Crippen molar-refractivity contribution in [2.24, 2.45) is 0 Å². The molecule has 1 amide bonds. The van der Waals surface area contributed by atoms with Crippen LogP contribution in [-0.4, -0.2) is 45.7 Å². The van der Waals surface area contributed by atoms with E-state index in [4.69, 9.17) is 5.11 Å². The van der Waals surface area contributed by atoms with Crippen LogP contribution in [0.4, 0.5) is 4.39 Å². The van der Waals surface area contributed by atoms with Gasteiger partial charge in [-0.25, -0.2) is 9.18 Å². The van der Waals surface area contributed by atoms with Crippen LogP contribution in [0, 0.1) is 5.82 Å². The molecule has 5 nitrogen and oxygen atoms in total. The van der Waals surface area contributed by atoms with Crippen molar-refractivity contribution in [3.63, 3.8) is 0 Å². The van der Waals surface area contributed by atoms with E-state index in [1.807, 2.05) is 0 Å². The smallest absolute Gasteiger partial charge is 0.335 e. The SMILES string of the molecule is CC(C)(C(=O)N1CCC(O)(C(=O)O)CC1)c1ccc(F)cc1. The predicted molar refractivity (Wildman–Crippen MR) is 77.8 cm³/mol. The van der Waals surface area contributed by atoms with Crippen LogP contribution in [0.3, 0.4) is 0 Å². The number of hydrogen-bond acceptors (Lipinski definition) is 3. The Morgan fingerprint density at radius 3 is 2.14 bits per heavy atom. The molecule has 0 aromatic heterocycles. The van der Waals surface area contributed by atoms with E-state index in [1.165, 1.54) is 12.1 Å². The maximum absolute atomic E-state index is 13.0. The lowest BCUT2D eigenvalue weighted by atomic mass is 9.82. The first-order valence-corrected chi connectivity index (χ1v) is 7.18. The molecule has 1 aromatic rings. The monoisotopic (exact) mass is 309 g/mol. The van der Waals surface area contributed by atoms with E-state index in [0.29, 0.717) is 5.56 Å². The molecule has 22 heavy (non-hydrogen) atoms. The van der Waals surface area contributed by atoms with Crippen LogP contribution in [0.5, 0.6) is 0 Å². The van der Waals surface area contributed by atoms with Crippen LogP contribution >= 0.6 is 0 Å². The molecule has 6 heteroatoms. The molecule has 0 unspecified atom stereocenters. The molecule has 1 aliphatic heterocycles. The number of carboxylic acid groups (broad SMARTS) is 1. The summed E-state index contributed by atoms with van der Waals surface area (Å²) in [6, 6.07) is 5.77. The number of hydrogen-bond donors (Lipinski definition) is 2. The molecular formula is C16H20FNO4. The first kappa shape index (κ1) is 16.4. The van der Waals surface area contributed by atoms with Gasteiger partial charge < -0.3 is 15.1 Å². The molecule has 0 atom stereocenters. The van der Waals surface area contributed by atoms with Crippen LogP contribution in [0.1, 0.15) is 32.3 Å². The van der Waals surface area contributed by atoms with Crippen LogP contribution in [0.25, 0.3) is 0 Å². The highest BCUT2D eigenvalue weighted by Crippen LogP contribution is 2.29. The molecule has 1 saturated heterocycles. The van der Waals surface area contributed by atoms with Crippen molar-refractivity contribution in [1.29, 1.82) is 0 Å². The number of carbonyl (C=O) groups is 2. The Bertz CT molecular complexity index is 574. The Balaban J connectivity index is 2.12. The Morgan fingerprint density at radius 1 is 1.18 bits per heavy atom. The fraction of sp³-hybridized carbons (Fsp3) is 0.500. The molecule has 1 aliphatic rings. The van der Waals surface area contributed by atoms with Gasteiger partial charge in [0.1, 0.15) is 5.82 Å². The van der Waals surface area contributed by atoms with Crippen molar-refractivity contribution < 1.29 is 24.2 Å². The number of halogens is 1. The van der Waals surface area contributed by atoms with Gasteiger partial charge >= 0.3 is 5.97 Å². The van der Waals surface area contributed by atoms with E-state index < -0.39 is 17.0 Å². The minimum absolute atomic E-state index is 0.00751. The van der Waals surface area contributed by atoms with Crippen LogP contribution in [0.15, 0.2) is 24.3 Å². The number of amides is 1. The first-order valence-electron chi connectivity index (χ1n) is 7.18. The first-order chi connectivity index (χ1) is 10.2. The van der Waals surface area contributed by atoms with Gasteiger partial charge in [0.2, 0.25) is 5.91 Å².